The van der Waals surface area contributed by atoms with Gasteiger partial charge in [-0.3, -0.25) is 0 Å². The standard InChI is InChI=1S/C9H19NOS/c1-9(10-7-12-2)5-3-8(11)4-6-9/h8,10-11H,3-7H2,1-2H3. The summed E-state index contributed by atoms with van der Waals surface area (Å²) in [6.45, 7) is 2.26. The Morgan fingerprint density at radius 1 is 1.50 bits per heavy atom. The Hall–Kier alpha value is 0.270. The van der Waals surface area contributed by atoms with Gasteiger partial charge in [-0.1, -0.05) is 0 Å². The molecular weight excluding hydrogens is 170 g/mol. The molecule has 2 N–H and O–H groups in total. The predicted molar refractivity (Wildman–Crippen MR) is 54.4 cm³/mol. The highest BCUT2D eigenvalue weighted by molar-refractivity contribution is 7.98. The maximum atomic E-state index is 9.33. The van der Waals surface area contributed by atoms with Gasteiger partial charge in [0.15, 0.2) is 0 Å². The molecule has 1 aliphatic carbocycles. The number of hydrogen-bond donors (Lipinski definition) is 2. The van der Waals surface area contributed by atoms with Crippen LogP contribution in [-0.4, -0.2) is 28.9 Å². The lowest BCUT2D eigenvalue weighted by Gasteiger charge is -2.36. The van der Waals surface area contributed by atoms with Gasteiger partial charge in [0.2, 0.25) is 0 Å². The van der Waals surface area contributed by atoms with Crippen molar-refractivity contribution in [2.45, 2.75) is 44.2 Å². The third-order valence-electron chi connectivity index (χ3n) is 2.70. The van der Waals surface area contributed by atoms with Crippen molar-refractivity contribution in [1.29, 1.82) is 0 Å². The van der Waals surface area contributed by atoms with Gasteiger partial charge in [0.1, 0.15) is 0 Å². The van der Waals surface area contributed by atoms with E-state index in [0.717, 1.165) is 31.6 Å². The Kier molecular flexibility index (Phi) is 3.87. The molecule has 1 fully saturated rings. The van der Waals surface area contributed by atoms with Crippen LogP contribution in [0.3, 0.4) is 0 Å². The summed E-state index contributed by atoms with van der Waals surface area (Å²) in [6, 6.07) is 0. The van der Waals surface area contributed by atoms with Gasteiger partial charge in [-0.25, -0.2) is 0 Å². The smallest absolute Gasteiger partial charge is 0.0541 e. The van der Waals surface area contributed by atoms with E-state index in [2.05, 4.69) is 18.5 Å². The molecule has 0 atom stereocenters. The second-order valence-electron chi connectivity index (χ2n) is 3.90. The monoisotopic (exact) mass is 189 g/mol. The van der Waals surface area contributed by atoms with Crippen LogP contribution in [0.15, 0.2) is 0 Å². The van der Waals surface area contributed by atoms with Crippen LogP contribution in [0.25, 0.3) is 0 Å². The average Bonchev–Trinajstić information content (AvgIpc) is 2.08. The Morgan fingerprint density at radius 2 is 2.08 bits per heavy atom. The molecule has 1 saturated carbocycles. The van der Waals surface area contributed by atoms with Crippen molar-refractivity contribution in [2.24, 2.45) is 0 Å². The molecule has 12 heavy (non-hydrogen) atoms. The van der Waals surface area contributed by atoms with E-state index in [1.165, 1.54) is 0 Å². The maximum Gasteiger partial charge on any atom is 0.0541 e. The first-order valence-corrected chi connectivity index (χ1v) is 5.98. The molecule has 1 rings (SSSR count). The van der Waals surface area contributed by atoms with Gasteiger partial charge in [0.25, 0.3) is 0 Å². The van der Waals surface area contributed by atoms with Gasteiger partial charge in [-0.2, -0.15) is 0 Å². The normalized spacial score (nSPS) is 36.8. The molecule has 0 spiro atoms. The molecule has 0 heterocycles. The zero-order valence-electron chi connectivity index (χ0n) is 7.97. The molecule has 0 unspecified atom stereocenters. The lowest BCUT2D eigenvalue weighted by Crippen LogP contribution is -2.45. The number of thioether (sulfide) groups is 1. The number of rotatable bonds is 3. The zero-order valence-corrected chi connectivity index (χ0v) is 8.78. The number of aliphatic hydroxyl groups excluding tert-OH is 1. The fourth-order valence-corrected chi connectivity index (χ4v) is 2.16. The minimum Gasteiger partial charge on any atom is -0.393 e. The summed E-state index contributed by atoms with van der Waals surface area (Å²) in [5.74, 6) is 1.02. The highest BCUT2D eigenvalue weighted by Gasteiger charge is 2.29. The van der Waals surface area contributed by atoms with E-state index in [1.807, 2.05) is 11.8 Å². The average molecular weight is 189 g/mol. The number of nitrogens with one attached hydrogen (secondary N) is 1. The SMILES string of the molecule is CSCNC1(C)CCC(O)CC1. The maximum absolute atomic E-state index is 9.33. The van der Waals surface area contributed by atoms with Crippen molar-refractivity contribution in [3.05, 3.63) is 0 Å². The molecule has 0 amide bonds. The predicted octanol–water partition coefficient (Wildman–Crippen LogP) is 1.59. The van der Waals surface area contributed by atoms with Gasteiger partial charge in [-0.05, 0) is 38.9 Å². The van der Waals surface area contributed by atoms with Crippen molar-refractivity contribution >= 4 is 11.8 Å². The van der Waals surface area contributed by atoms with Crippen LogP contribution in [0, 0.1) is 0 Å². The summed E-state index contributed by atoms with van der Waals surface area (Å²) in [5, 5.41) is 12.9. The summed E-state index contributed by atoms with van der Waals surface area (Å²) in [7, 11) is 0. The van der Waals surface area contributed by atoms with Crippen LogP contribution in [-0.2, 0) is 0 Å². The summed E-state index contributed by atoms with van der Waals surface area (Å²) in [4.78, 5) is 0. The van der Waals surface area contributed by atoms with E-state index in [-0.39, 0.29) is 11.6 Å². The number of hydrogen-bond acceptors (Lipinski definition) is 3. The molecule has 0 aromatic rings. The van der Waals surface area contributed by atoms with E-state index >= 15 is 0 Å². The Bertz CT molecular complexity index is 127. The molecule has 0 bridgehead atoms. The third-order valence-corrected chi connectivity index (χ3v) is 3.13. The second-order valence-corrected chi connectivity index (χ2v) is 4.77. The van der Waals surface area contributed by atoms with Crippen LogP contribution in [0.2, 0.25) is 0 Å². The molecule has 3 heteroatoms. The first-order valence-electron chi connectivity index (χ1n) is 4.58. The molecule has 0 aromatic carbocycles. The second kappa shape index (κ2) is 4.49. The van der Waals surface area contributed by atoms with Crippen molar-refractivity contribution in [1.82, 2.24) is 5.32 Å². The number of aliphatic hydroxyl groups is 1. The Morgan fingerprint density at radius 3 is 2.58 bits per heavy atom. The summed E-state index contributed by atoms with van der Waals surface area (Å²) >= 11 is 1.82. The molecule has 0 aliphatic heterocycles. The molecular formula is C9H19NOS. The highest BCUT2D eigenvalue weighted by Crippen LogP contribution is 2.27. The van der Waals surface area contributed by atoms with E-state index in [0.29, 0.717) is 0 Å². The minimum atomic E-state index is -0.0471. The molecule has 1 aliphatic rings. The van der Waals surface area contributed by atoms with E-state index in [1.54, 1.807) is 0 Å². The lowest BCUT2D eigenvalue weighted by atomic mass is 9.82. The lowest BCUT2D eigenvalue weighted by molar-refractivity contribution is 0.0921. The van der Waals surface area contributed by atoms with Gasteiger partial charge in [0, 0.05) is 11.4 Å². The van der Waals surface area contributed by atoms with Crippen LogP contribution in [0.1, 0.15) is 32.6 Å². The summed E-state index contributed by atoms with van der Waals surface area (Å²) < 4.78 is 0. The highest BCUT2D eigenvalue weighted by atomic mass is 32.2. The van der Waals surface area contributed by atoms with Gasteiger partial charge < -0.3 is 10.4 Å². The Balaban J connectivity index is 2.29. The van der Waals surface area contributed by atoms with Crippen LogP contribution in [0.5, 0.6) is 0 Å². The molecule has 2 nitrogen and oxygen atoms in total. The molecule has 0 radical (unpaired) electrons. The molecule has 0 saturated heterocycles. The van der Waals surface area contributed by atoms with Gasteiger partial charge >= 0.3 is 0 Å². The van der Waals surface area contributed by atoms with Gasteiger partial charge in [0.05, 0.1) is 6.10 Å². The van der Waals surface area contributed by atoms with Crippen LogP contribution < -0.4 is 5.32 Å². The topological polar surface area (TPSA) is 32.3 Å². The quantitative estimate of drug-likeness (QED) is 0.661. The van der Waals surface area contributed by atoms with Crippen molar-refractivity contribution < 1.29 is 5.11 Å². The first kappa shape index (κ1) is 10.4. The van der Waals surface area contributed by atoms with Crippen LogP contribution >= 0.6 is 11.8 Å². The van der Waals surface area contributed by atoms with E-state index in [4.69, 9.17) is 0 Å². The fourth-order valence-electron chi connectivity index (χ4n) is 1.66. The summed E-state index contributed by atoms with van der Waals surface area (Å²) in [5.41, 5.74) is 0.280. The van der Waals surface area contributed by atoms with Crippen molar-refractivity contribution in [3.63, 3.8) is 0 Å². The van der Waals surface area contributed by atoms with Crippen molar-refractivity contribution in [3.8, 4) is 0 Å². The molecule has 72 valence electrons. The fraction of sp³-hybridized carbons (Fsp3) is 1.00. The van der Waals surface area contributed by atoms with Crippen LogP contribution in [0.4, 0.5) is 0 Å². The zero-order chi connectivity index (χ0) is 9.03. The van der Waals surface area contributed by atoms with E-state index < -0.39 is 0 Å². The third kappa shape index (κ3) is 2.96. The van der Waals surface area contributed by atoms with E-state index in [9.17, 15) is 5.11 Å². The van der Waals surface area contributed by atoms with Crippen molar-refractivity contribution in [2.75, 3.05) is 12.1 Å². The molecule has 0 aromatic heterocycles. The Labute approximate surface area is 79.1 Å². The minimum absolute atomic E-state index is 0.0471. The largest absolute Gasteiger partial charge is 0.393 e. The first-order chi connectivity index (χ1) is 5.66. The van der Waals surface area contributed by atoms with Gasteiger partial charge in [-0.15, -0.1) is 11.8 Å². The summed E-state index contributed by atoms with van der Waals surface area (Å²) in [6.07, 6.45) is 6.18.